The van der Waals surface area contributed by atoms with Crippen molar-refractivity contribution >= 4 is 29.1 Å². The van der Waals surface area contributed by atoms with E-state index in [0.717, 1.165) is 24.8 Å². The SMILES string of the molecule is O=C(NO)c1cc(CCCCc2ccc(Cl)c(Cl)c2)on1. The highest BCUT2D eigenvalue weighted by Gasteiger charge is 2.11. The van der Waals surface area contributed by atoms with Crippen LogP contribution in [0.1, 0.15) is 34.7 Å². The molecule has 112 valence electrons. The molecule has 7 heteroatoms. The number of nitrogens with zero attached hydrogens (tertiary/aromatic N) is 1. The van der Waals surface area contributed by atoms with Crippen molar-refractivity contribution in [3.8, 4) is 0 Å². The summed E-state index contributed by atoms with van der Waals surface area (Å²) in [5.41, 5.74) is 2.70. The largest absolute Gasteiger partial charge is 0.361 e. The lowest BCUT2D eigenvalue weighted by Crippen LogP contribution is -2.18. The van der Waals surface area contributed by atoms with Gasteiger partial charge in [0.25, 0.3) is 5.91 Å². The molecular formula is C14H14Cl2N2O3. The highest BCUT2D eigenvalue weighted by molar-refractivity contribution is 6.42. The summed E-state index contributed by atoms with van der Waals surface area (Å²) in [5.74, 6) is -0.0662. The molecule has 1 amide bonds. The van der Waals surface area contributed by atoms with Crippen LogP contribution in [0.5, 0.6) is 0 Å². The van der Waals surface area contributed by atoms with Gasteiger partial charge in [-0.25, -0.2) is 5.48 Å². The molecule has 1 aromatic heterocycles. The van der Waals surface area contributed by atoms with Gasteiger partial charge in [-0.1, -0.05) is 34.4 Å². The Morgan fingerprint density at radius 2 is 1.95 bits per heavy atom. The van der Waals surface area contributed by atoms with Gasteiger partial charge in [0, 0.05) is 12.5 Å². The van der Waals surface area contributed by atoms with Crippen LogP contribution in [-0.4, -0.2) is 16.3 Å². The summed E-state index contributed by atoms with van der Waals surface area (Å²) in [6, 6.07) is 7.12. The number of amides is 1. The molecule has 0 spiro atoms. The Kier molecular flexibility index (Phi) is 5.61. The van der Waals surface area contributed by atoms with Crippen LogP contribution in [0.25, 0.3) is 0 Å². The van der Waals surface area contributed by atoms with Gasteiger partial charge in [0.05, 0.1) is 10.0 Å². The van der Waals surface area contributed by atoms with E-state index in [0.29, 0.717) is 22.2 Å². The van der Waals surface area contributed by atoms with Gasteiger partial charge in [0.1, 0.15) is 5.76 Å². The van der Waals surface area contributed by atoms with Crippen molar-refractivity contribution in [2.75, 3.05) is 0 Å². The Balaban J connectivity index is 1.78. The van der Waals surface area contributed by atoms with Crippen molar-refractivity contribution in [2.24, 2.45) is 0 Å². The molecule has 0 radical (unpaired) electrons. The second kappa shape index (κ2) is 7.45. The zero-order chi connectivity index (χ0) is 15.2. The molecule has 0 aliphatic carbocycles. The van der Waals surface area contributed by atoms with E-state index < -0.39 is 5.91 Å². The number of unbranched alkanes of at least 4 members (excludes halogenated alkanes) is 1. The third kappa shape index (κ3) is 4.46. The summed E-state index contributed by atoms with van der Waals surface area (Å²) in [5, 5.41) is 13.2. The number of aromatic nitrogens is 1. The first-order valence-electron chi connectivity index (χ1n) is 6.44. The first-order chi connectivity index (χ1) is 10.1. The highest BCUT2D eigenvalue weighted by Crippen LogP contribution is 2.23. The van der Waals surface area contributed by atoms with Gasteiger partial charge >= 0.3 is 0 Å². The van der Waals surface area contributed by atoms with Crippen LogP contribution in [0, 0.1) is 0 Å². The summed E-state index contributed by atoms with van der Waals surface area (Å²) in [4.78, 5) is 11.1. The first kappa shape index (κ1) is 15.8. The number of carbonyl (C=O) groups excluding carboxylic acids is 1. The maximum atomic E-state index is 11.1. The number of hydrogen-bond acceptors (Lipinski definition) is 4. The summed E-state index contributed by atoms with van der Waals surface area (Å²) >= 11 is 11.8. The molecule has 0 saturated heterocycles. The minimum absolute atomic E-state index is 0.0667. The van der Waals surface area contributed by atoms with E-state index in [4.69, 9.17) is 32.9 Å². The van der Waals surface area contributed by atoms with Crippen molar-refractivity contribution in [1.29, 1.82) is 0 Å². The first-order valence-corrected chi connectivity index (χ1v) is 7.19. The predicted octanol–water partition coefficient (Wildman–Crippen LogP) is 3.67. The molecular weight excluding hydrogens is 315 g/mol. The maximum Gasteiger partial charge on any atom is 0.296 e. The molecule has 0 unspecified atom stereocenters. The number of aryl methyl sites for hydroxylation is 2. The molecule has 1 aromatic carbocycles. The normalized spacial score (nSPS) is 10.6. The average molecular weight is 329 g/mol. The number of halogens is 2. The quantitative estimate of drug-likeness (QED) is 0.482. The van der Waals surface area contributed by atoms with Crippen LogP contribution in [0.15, 0.2) is 28.8 Å². The summed E-state index contributed by atoms with van der Waals surface area (Å²) in [7, 11) is 0. The van der Waals surface area contributed by atoms with Crippen molar-refractivity contribution in [1.82, 2.24) is 10.6 Å². The van der Waals surface area contributed by atoms with Gasteiger partial charge < -0.3 is 4.52 Å². The van der Waals surface area contributed by atoms with E-state index in [2.05, 4.69) is 5.16 Å². The minimum Gasteiger partial charge on any atom is -0.361 e. The van der Waals surface area contributed by atoms with E-state index in [-0.39, 0.29) is 5.69 Å². The molecule has 0 saturated carbocycles. The summed E-state index contributed by atoms with van der Waals surface area (Å²) in [6.07, 6.45) is 3.39. The lowest BCUT2D eigenvalue weighted by atomic mass is 10.1. The van der Waals surface area contributed by atoms with Crippen molar-refractivity contribution < 1.29 is 14.5 Å². The molecule has 2 rings (SSSR count). The lowest BCUT2D eigenvalue weighted by molar-refractivity contribution is 0.0696. The second-order valence-corrected chi connectivity index (χ2v) is 5.39. The molecule has 5 nitrogen and oxygen atoms in total. The number of nitrogens with one attached hydrogen (secondary N) is 1. The Bertz CT molecular complexity index is 628. The number of carbonyl (C=O) groups is 1. The van der Waals surface area contributed by atoms with Gasteiger partial charge in [-0.3, -0.25) is 10.0 Å². The highest BCUT2D eigenvalue weighted by atomic mass is 35.5. The zero-order valence-corrected chi connectivity index (χ0v) is 12.6. The fourth-order valence-corrected chi connectivity index (χ4v) is 2.24. The van der Waals surface area contributed by atoms with E-state index >= 15 is 0 Å². The standard InChI is InChI=1S/C14H14Cl2N2O3/c15-11-6-5-9(7-12(11)16)3-1-2-4-10-8-13(18-21-10)14(19)17-20/h5-8,20H,1-4H2,(H,17,19). The van der Waals surface area contributed by atoms with Gasteiger partial charge in [0.2, 0.25) is 0 Å². The molecule has 0 fully saturated rings. The molecule has 0 bridgehead atoms. The van der Waals surface area contributed by atoms with E-state index in [9.17, 15) is 4.79 Å². The van der Waals surface area contributed by atoms with Crippen LogP contribution in [-0.2, 0) is 12.8 Å². The van der Waals surface area contributed by atoms with Gasteiger partial charge in [-0.05, 0) is 37.0 Å². The molecule has 21 heavy (non-hydrogen) atoms. The molecule has 2 N–H and O–H groups in total. The van der Waals surface area contributed by atoms with E-state index in [1.54, 1.807) is 6.07 Å². The number of rotatable bonds is 6. The van der Waals surface area contributed by atoms with Crippen molar-refractivity contribution in [3.63, 3.8) is 0 Å². The fraction of sp³-hybridized carbons (Fsp3) is 0.286. The van der Waals surface area contributed by atoms with E-state index in [1.165, 1.54) is 11.5 Å². The minimum atomic E-state index is -0.680. The second-order valence-electron chi connectivity index (χ2n) is 4.57. The van der Waals surface area contributed by atoms with Crippen LogP contribution in [0.2, 0.25) is 10.0 Å². The topological polar surface area (TPSA) is 75.4 Å². The van der Waals surface area contributed by atoms with E-state index in [1.807, 2.05) is 12.1 Å². The number of hydroxylamine groups is 1. The fourth-order valence-electron chi connectivity index (χ4n) is 1.92. The van der Waals surface area contributed by atoms with Gasteiger partial charge in [0.15, 0.2) is 5.69 Å². The van der Waals surface area contributed by atoms with Crippen molar-refractivity contribution in [2.45, 2.75) is 25.7 Å². The Morgan fingerprint density at radius 3 is 2.67 bits per heavy atom. The van der Waals surface area contributed by atoms with Gasteiger partial charge in [-0.15, -0.1) is 0 Å². The maximum absolute atomic E-state index is 11.1. The smallest absolute Gasteiger partial charge is 0.296 e. The van der Waals surface area contributed by atoms with Crippen LogP contribution < -0.4 is 5.48 Å². The van der Waals surface area contributed by atoms with Crippen LogP contribution in [0.3, 0.4) is 0 Å². The molecule has 0 aliphatic rings. The monoisotopic (exact) mass is 328 g/mol. The molecule has 0 atom stereocenters. The number of hydrogen-bond donors (Lipinski definition) is 2. The Morgan fingerprint density at radius 1 is 1.19 bits per heavy atom. The van der Waals surface area contributed by atoms with Crippen molar-refractivity contribution in [3.05, 3.63) is 51.3 Å². The Hall–Kier alpha value is -1.56. The zero-order valence-electron chi connectivity index (χ0n) is 11.1. The molecule has 2 aromatic rings. The van der Waals surface area contributed by atoms with Gasteiger partial charge in [-0.2, -0.15) is 0 Å². The molecule has 0 aliphatic heterocycles. The van der Waals surface area contributed by atoms with Crippen LogP contribution >= 0.6 is 23.2 Å². The summed E-state index contributed by atoms with van der Waals surface area (Å²) in [6.45, 7) is 0. The predicted molar refractivity (Wildman–Crippen MR) is 78.9 cm³/mol. The number of benzene rings is 1. The third-order valence-corrected chi connectivity index (χ3v) is 3.75. The molecule has 1 heterocycles. The average Bonchev–Trinajstić information content (AvgIpc) is 2.95. The third-order valence-electron chi connectivity index (χ3n) is 3.02. The summed E-state index contributed by atoms with van der Waals surface area (Å²) < 4.78 is 5.01. The Labute approximate surface area is 131 Å². The lowest BCUT2D eigenvalue weighted by Gasteiger charge is -2.02. The van der Waals surface area contributed by atoms with Crippen LogP contribution in [0.4, 0.5) is 0 Å².